The van der Waals surface area contributed by atoms with E-state index in [0.717, 1.165) is 4.90 Å². The fourth-order valence-electron chi connectivity index (χ4n) is 0.960. The van der Waals surface area contributed by atoms with Crippen LogP contribution in [0.2, 0.25) is 0 Å². The monoisotopic (exact) mass is 200 g/mol. The summed E-state index contributed by atoms with van der Waals surface area (Å²) in [4.78, 5) is 34.4. The van der Waals surface area contributed by atoms with Crippen molar-refractivity contribution in [3.63, 3.8) is 0 Å². The zero-order chi connectivity index (χ0) is 10.0. The minimum Gasteiger partial charge on any atom is -0.277 e. The molecule has 0 aromatic heterocycles. The Hall–Kier alpha value is -1.30. The molecule has 0 aromatic carbocycles. The molecule has 0 atom stereocenters. The van der Waals surface area contributed by atoms with Crippen LogP contribution in [0.1, 0.15) is 13.3 Å². The molecule has 0 aliphatic carbocycles. The first kappa shape index (κ1) is 9.79. The van der Waals surface area contributed by atoms with E-state index < -0.39 is 17.8 Å². The van der Waals surface area contributed by atoms with Gasteiger partial charge in [0.1, 0.15) is 6.42 Å². The molecule has 1 saturated heterocycles. The van der Waals surface area contributed by atoms with Crippen LogP contribution < -0.4 is 5.32 Å². The molecule has 13 heavy (non-hydrogen) atoms. The topological polar surface area (TPSA) is 66.5 Å². The maximum Gasteiger partial charge on any atom is 0.331 e. The zero-order valence-corrected chi connectivity index (χ0v) is 7.81. The average molecular weight is 200 g/mol. The summed E-state index contributed by atoms with van der Waals surface area (Å²) in [5, 5.41) is 2.03. The van der Waals surface area contributed by atoms with Crippen molar-refractivity contribution >= 4 is 34.9 Å². The summed E-state index contributed by atoms with van der Waals surface area (Å²) in [5.41, 5.74) is 0. The Morgan fingerprint density at radius 1 is 1.54 bits per heavy atom. The molecule has 0 bridgehead atoms. The molecule has 1 aliphatic rings. The Labute approximate surface area is 80.1 Å². The van der Waals surface area contributed by atoms with Gasteiger partial charge in [0.2, 0.25) is 11.8 Å². The van der Waals surface area contributed by atoms with Crippen LogP contribution in [0, 0.1) is 0 Å². The molecule has 0 radical (unpaired) electrons. The Morgan fingerprint density at radius 3 is 2.62 bits per heavy atom. The summed E-state index contributed by atoms with van der Waals surface area (Å²) in [5.74, 6) is -1.06. The van der Waals surface area contributed by atoms with Crippen LogP contribution in [0.5, 0.6) is 0 Å². The number of carbonyl (C=O) groups excluding carboxylic acids is 3. The minimum absolute atomic E-state index is 0.0906. The second-order valence-corrected chi connectivity index (χ2v) is 3.41. The van der Waals surface area contributed by atoms with E-state index in [-0.39, 0.29) is 13.0 Å². The molecule has 1 heterocycles. The van der Waals surface area contributed by atoms with Crippen LogP contribution >= 0.6 is 12.2 Å². The molecule has 1 fully saturated rings. The molecule has 6 heteroatoms. The lowest BCUT2D eigenvalue weighted by Crippen LogP contribution is -2.53. The van der Waals surface area contributed by atoms with Crippen LogP contribution in [-0.2, 0) is 9.59 Å². The molecule has 0 spiro atoms. The number of hydrogen-bond acceptors (Lipinski definition) is 4. The van der Waals surface area contributed by atoms with E-state index in [0.29, 0.717) is 4.86 Å². The van der Waals surface area contributed by atoms with E-state index in [2.05, 4.69) is 0 Å². The standard InChI is InChI=1S/C7H8N2O3S/c1-4(13)3-9-6(11)2-5(10)8-7(9)12/h2-3H2,1H3,(H,8,10,12). The lowest BCUT2D eigenvalue weighted by molar-refractivity contribution is -0.135. The van der Waals surface area contributed by atoms with Gasteiger partial charge in [-0.2, -0.15) is 0 Å². The molecule has 0 unspecified atom stereocenters. The third-order valence-corrected chi connectivity index (χ3v) is 1.61. The van der Waals surface area contributed by atoms with Crippen molar-refractivity contribution in [3.8, 4) is 0 Å². The molecule has 1 N–H and O–H groups in total. The van der Waals surface area contributed by atoms with Crippen LogP contribution in [0.3, 0.4) is 0 Å². The van der Waals surface area contributed by atoms with Crippen molar-refractivity contribution in [1.29, 1.82) is 0 Å². The maximum absolute atomic E-state index is 11.1. The van der Waals surface area contributed by atoms with Crippen LogP contribution in [-0.4, -0.2) is 34.2 Å². The molecule has 0 saturated carbocycles. The number of nitrogens with zero attached hydrogens (tertiary/aromatic N) is 1. The highest BCUT2D eigenvalue weighted by Gasteiger charge is 2.30. The molecular weight excluding hydrogens is 192 g/mol. The summed E-state index contributed by atoms with van der Waals surface area (Å²) >= 11 is 4.75. The normalized spacial score (nSPS) is 17.3. The van der Waals surface area contributed by atoms with Gasteiger partial charge in [-0.25, -0.2) is 4.79 Å². The van der Waals surface area contributed by atoms with E-state index >= 15 is 0 Å². The molecule has 70 valence electrons. The van der Waals surface area contributed by atoms with Crippen molar-refractivity contribution in [1.82, 2.24) is 10.2 Å². The summed E-state index contributed by atoms with van der Waals surface area (Å²) in [6.45, 7) is 1.72. The first-order chi connectivity index (χ1) is 6.00. The van der Waals surface area contributed by atoms with Gasteiger partial charge < -0.3 is 0 Å². The molecule has 0 aromatic rings. The number of barbiturate groups is 1. The van der Waals surface area contributed by atoms with Gasteiger partial charge >= 0.3 is 6.03 Å². The van der Waals surface area contributed by atoms with Gasteiger partial charge in [-0.1, -0.05) is 12.2 Å². The third kappa shape index (κ3) is 2.32. The largest absolute Gasteiger partial charge is 0.331 e. The number of thiocarbonyl (C=S) groups is 1. The SMILES string of the molecule is CC(=S)CN1C(=O)CC(=O)NC1=O. The fourth-order valence-corrected chi connectivity index (χ4v) is 1.09. The molecular formula is C7H8N2O3S. The third-order valence-electron chi connectivity index (χ3n) is 1.49. The van der Waals surface area contributed by atoms with E-state index in [4.69, 9.17) is 12.2 Å². The second kappa shape index (κ2) is 3.61. The summed E-state index contributed by atoms with van der Waals surface area (Å²) < 4.78 is 0. The van der Waals surface area contributed by atoms with Crippen molar-refractivity contribution in [2.24, 2.45) is 0 Å². The summed E-state index contributed by atoms with van der Waals surface area (Å²) in [6.07, 6.45) is -0.283. The summed E-state index contributed by atoms with van der Waals surface area (Å²) in [6, 6.07) is -0.689. The first-order valence-electron chi connectivity index (χ1n) is 3.64. The maximum atomic E-state index is 11.1. The Bertz CT molecular complexity index is 280. The van der Waals surface area contributed by atoms with Crippen molar-refractivity contribution in [3.05, 3.63) is 0 Å². The quantitative estimate of drug-likeness (QED) is 0.497. The van der Waals surface area contributed by atoms with Crippen LogP contribution in [0.4, 0.5) is 4.79 Å². The fraction of sp³-hybridized carbons (Fsp3) is 0.429. The lowest BCUT2D eigenvalue weighted by atomic mass is 10.3. The van der Waals surface area contributed by atoms with Gasteiger partial charge in [0, 0.05) is 4.86 Å². The molecule has 1 aliphatic heterocycles. The number of carbonyl (C=O) groups is 3. The highest BCUT2D eigenvalue weighted by atomic mass is 32.1. The van der Waals surface area contributed by atoms with Crippen LogP contribution in [0.15, 0.2) is 0 Å². The Kier molecular flexibility index (Phi) is 2.72. The van der Waals surface area contributed by atoms with Gasteiger partial charge in [0.25, 0.3) is 0 Å². The zero-order valence-electron chi connectivity index (χ0n) is 6.99. The van der Waals surface area contributed by atoms with Gasteiger partial charge in [0.15, 0.2) is 0 Å². The molecule has 4 amide bonds. The number of nitrogens with one attached hydrogen (secondary N) is 1. The van der Waals surface area contributed by atoms with Crippen molar-refractivity contribution in [2.75, 3.05) is 6.54 Å². The van der Waals surface area contributed by atoms with E-state index in [9.17, 15) is 14.4 Å². The number of hydrogen-bond donors (Lipinski definition) is 1. The number of amides is 4. The number of rotatable bonds is 2. The molecule has 1 rings (SSSR count). The number of urea groups is 1. The Balaban J connectivity index is 2.73. The smallest absolute Gasteiger partial charge is 0.277 e. The first-order valence-corrected chi connectivity index (χ1v) is 4.05. The number of imide groups is 2. The lowest BCUT2D eigenvalue weighted by Gasteiger charge is -2.23. The minimum atomic E-state index is -0.689. The van der Waals surface area contributed by atoms with E-state index in [1.807, 2.05) is 5.32 Å². The van der Waals surface area contributed by atoms with Crippen molar-refractivity contribution < 1.29 is 14.4 Å². The summed E-state index contributed by atoms with van der Waals surface area (Å²) in [7, 11) is 0. The van der Waals surface area contributed by atoms with Gasteiger partial charge in [-0.15, -0.1) is 0 Å². The molecule has 5 nitrogen and oxygen atoms in total. The van der Waals surface area contributed by atoms with E-state index in [1.54, 1.807) is 6.92 Å². The predicted molar refractivity (Wildman–Crippen MR) is 48.1 cm³/mol. The van der Waals surface area contributed by atoms with Gasteiger partial charge in [-0.05, 0) is 6.92 Å². The van der Waals surface area contributed by atoms with Gasteiger partial charge in [-0.3, -0.25) is 19.8 Å². The van der Waals surface area contributed by atoms with Crippen molar-refractivity contribution in [2.45, 2.75) is 13.3 Å². The van der Waals surface area contributed by atoms with E-state index in [1.165, 1.54) is 0 Å². The van der Waals surface area contributed by atoms with Gasteiger partial charge in [0.05, 0.1) is 6.54 Å². The Morgan fingerprint density at radius 2 is 2.15 bits per heavy atom. The predicted octanol–water partition coefficient (Wildman–Crippen LogP) is -0.155. The average Bonchev–Trinajstić information content (AvgIpc) is 1.96. The highest BCUT2D eigenvalue weighted by molar-refractivity contribution is 7.80. The van der Waals surface area contributed by atoms with Crippen LogP contribution in [0.25, 0.3) is 0 Å². The highest BCUT2D eigenvalue weighted by Crippen LogP contribution is 2.02. The second-order valence-electron chi connectivity index (χ2n) is 2.71.